The zero-order chi connectivity index (χ0) is 16.8. The van der Waals surface area contributed by atoms with E-state index in [1.807, 2.05) is 14.1 Å². The summed E-state index contributed by atoms with van der Waals surface area (Å²) in [4.78, 5) is 6.47. The van der Waals surface area contributed by atoms with Gasteiger partial charge in [-0.3, -0.25) is 4.99 Å². The van der Waals surface area contributed by atoms with Crippen molar-refractivity contribution in [1.82, 2.24) is 25.0 Å². The number of hydrogen-bond donors (Lipinski definition) is 1. The summed E-state index contributed by atoms with van der Waals surface area (Å²) in [6.07, 6.45) is 7.42. The molecule has 0 radical (unpaired) electrons. The molecule has 1 aliphatic heterocycles. The van der Waals surface area contributed by atoms with E-state index in [9.17, 15) is 0 Å². The number of nitrogens with zero attached hydrogens (tertiary/aromatic N) is 5. The minimum Gasteiger partial charge on any atom is -0.379 e. The Kier molecular flexibility index (Phi) is 8.41. The van der Waals surface area contributed by atoms with Crippen molar-refractivity contribution in [2.45, 2.75) is 51.6 Å². The van der Waals surface area contributed by atoms with Crippen LogP contribution in [0.5, 0.6) is 0 Å². The van der Waals surface area contributed by atoms with Crippen LogP contribution in [0.4, 0.5) is 0 Å². The van der Waals surface area contributed by atoms with Crippen molar-refractivity contribution in [2.75, 3.05) is 33.9 Å². The van der Waals surface area contributed by atoms with E-state index in [-0.39, 0.29) is 24.0 Å². The molecular formula is C17H31IN6O. The molecule has 1 aromatic rings. The monoisotopic (exact) mass is 462 g/mol. The molecule has 0 aromatic carbocycles. The largest absolute Gasteiger partial charge is 0.379 e. The quantitative estimate of drug-likeness (QED) is 0.291. The molecule has 0 bridgehead atoms. The highest BCUT2D eigenvalue weighted by atomic mass is 127. The Labute approximate surface area is 167 Å². The topological polar surface area (TPSA) is 67.6 Å². The first-order chi connectivity index (χ1) is 11.8. The van der Waals surface area contributed by atoms with E-state index in [1.54, 1.807) is 0 Å². The van der Waals surface area contributed by atoms with Crippen LogP contribution in [-0.2, 0) is 24.2 Å². The highest BCUT2D eigenvalue weighted by Gasteiger charge is 2.21. The second-order valence-electron chi connectivity index (χ2n) is 6.84. The highest BCUT2D eigenvalue weighted by molar-refractivity contribution is 14.0. The molecule has 8 heteroatoms. The van der Waals surface area contributed by atoms with Crippen LogP contribution in [0.15, 0.2) is 4.99 Å². The Morgan fingerprint density at radius 2 is 2.16 bits per heavy atom. The number of halogens is 1. The highest BCUT2D eigenvalue weighted by Crippen LogP contribution is 2.28. The van der Waals surface area contributed by atoms with Gasteiger partial charge in [-0.1, -0.05) is 6.42 Å². The molecule has 0 spiro atoms. The predicted octanol–water partition coefficient (Wildman–Crippen LogP) is 2.06. The van der Waals surface area contributed by atoms with Crippen LogP contribution in [0, 0.1) is 5.92 Å². The summed E-state index contributed by atoms with van der Waals surface area (Å²) >= 11 is 0. The molecular weight excluding hydrogens is 431 g/mol. The van der Waals surface area contributed by atoms with Gasteiger partial charge in [-0.25, -0.2) is 0 Å². The molecule has 1 N–H and O–H groups in total. The molecule has 0 amide bonds. The Hall–Kier alpha value is -0.900. The van der Waals surface area contributed by atoms with E-state index >= 15 is 0 Å². The molecule has 2 heterocycles. The Morgan fingerprint density at radius 1 is 1.32 bits per heavy atom. The molecule has 25 heavy (non-hydrogen) atoms. The van der Waals surface area contributed by atoms with E-state index in [1.165, 1.54) is 32.1 Å². The zero-order valence-corrected chi connectivity index (χ0v) is 17.7. The lowest BCUT2D eigenvalue weighted by molar-refractivity contribution is 0.115. The number of nitrogens with one attached hydrogen (secondary N) is 1. The lowest BCUT2D eigenvalue weighted by atomic mass is 10.2. The van der Waals surface area contributed by atoms with Crippen LogP contribution in [0.3, 0.4) is 0 Å². The van der Waals surface area contributed by atoms with Crippen molar-refractivity contribution in [3.8, 4) is 0 Å². The maximum absolute atomic E-state index is 5.71. The number of aryl methyl sites for hydroxylation is 1. The van der Waals surface area contributed by atoms with Crippen LogP contribution >= 0.6 is 24.0 Å². The zero-order valence-electron chi connectivity index (χ0n) is 15.4. The molecule has 2 aliphatic rings. The number of aromatic nitrogens is 3. The van der Waals surface area contributed by atoms with Gasteiger partial charge in [0.1, 0.15) is 5.82 Å². The van der Waals surface area contributed by atoms with Gasteiger partial charge < -0.3 is 19.5 Å². The summed E-state index contributed by atoms with van der Waals surface area (Å²) < 4.78 is 7.98. The van der Waals surface area contributed by atoms with Crippen molar-refractivity contribution in [3.05, 3.63) is 11.6 Å². The summed E-state index contributed by atoms with van der Waals surface area (Å²) in [5.41, 5.74) is 0. The fraction of sp³-hybridized carbons (Fsp3) is 0.824. The summed E-state index contributed by atoms with van der Waals surface area (Å²) in [6.45, 7) is 4.18. The Bertz CT molecular complexity index is 557. The SMILES string of the molecule is CN=C(NCc1nnc2n1CCCCC2)N(C)CCOCC1CC1.I. The van der Waals surface area contributed by atoms with Gasteiger partial charge in [-0.2, -0.15) is 0 Å². The number of ether oxygens (including phenoxy) is 1. The van der Waals surface area contributed by atoms with Crippen molar-refractivity contribution in [3.63, 3.8) is 0 Å². The second-order valence-corrected chi connectivity index (χ2v) is 6.84. The van der Waals surface area contributed by atoms with Crippen LogP contribution < -0.4 is 5.32 Å². The fourth-order valence-corrected chi connectivity index (χ4v) is 3.06. The summed E-state index contributed by atoms with van der Waals surface area (Å²) in [5.74, 6) is 3.82. The lowest BCUT2D eigenvalue weighted by Crippen LogP contribution is -2.40. The normalized spacial score (nSPS) is 17.4. The van der Waals surface area contributed by atoms with Crippen LogP contribution in [0.25, 0.3) is 0 Å². The van der Waals surface area contributed by atoms with Gasteiger partial charge in [0.15, 0.2) is 11.8 Å². The average molecular weight is 462 g/mol. The molecule has 0 unspecified atom stereocenters. The first kappa shape index (κ1) is 20.4. The van der Waals surface area contributed by atoms with Crippen molar-refractivity contribution < 1.29 is 4.74 Å². The standard InChI is InChI=1S/C17H30N6O.HI/c1-18-17(22(2)10-11-24-13-14-7-8-14)19-12-16-21-20-15-6-4-3-5-9-23(15)16;/h14H,3-13H2,1-2H3,(H,18,19);1H. The summed E-state index contributed by atoms with van der Waals surface area (Å²) in [5, 5.41) is 12.1. The maximum atomic E-state index is 5.71. The Morgan fingerprint density at radius 3 is 2.92 bits per heavy atom. The van der Waals surface area contributed by atoms with E-state index in [0.717, 1.165) is 56.3 Å². The number of likely N-dealkylation sites (N-methyl/N-ethyl adjacent to an activating group) is 1. The third-order valence-corrected chi connectivity index (χ3v) is 4.79. The van der Waals surface area contributed by atoms with Crippen molar-refractivity contribution in [2.24, 2.45) is 10.9 Å². The van der Waals surface area contributed by atoms with Gasteiger partial charge in [0.25, 0.3) is 0 Å². The fourth-order valence-electron chi connectivity index (χ4n) is 3.06. The molecule has 0 atom stereocenters. The first-order valence-corrected chi connectivity index (χ1v) is 9.18. The third kappa shape index (κ3) is 6.09. The van der Waals surface area contributed by atoms with E-state index in [0.29, 0.717) is 6.54 Å². The van der Waals surface area contributed by atoms with Gasteiger partial charge in [-0.05, 0) is 31.6 Å². The smallest absolute Gasteiger partial charge is 0.193 e. The molecule has 1 aromatic heterocycles. The summed E-state index contributed by atoms with van der Waals surface area (Å²) in [7, 11) is 3.86. The molecule has 1 aliphatic carbocycles. The molecule has 1 saturated carbocycles. The number of aliphatic imine (C=N–C) groups is 1. The molecule has 0 saturated heterocycles. The minimum absolute atomic E-state index is 0. The Balaban J connectivity index is 0.00000225. The number of rotatable bonds is 7. The molecule has 3 rings (SSSR count). The van der Waals surface area contributed by atoms with Crippen molar-refractivity contribution >= 4 is 29.9 Å². The lowest BCUT2D eigenvalue weighted by Gasteiger charge is -2.22. The van der Waals surface area contributed by atoms with E-state index in [4.69, 9.17) is 4.74 Å². The van der Waals surface area contributed by atoms with Gasteiger partial charge in [0.2, 0.25) is 0 Å². The first-order valence-electron chi connectivity index (χ1n) is 9.18. The third-order valence-electron chi connectivity index (χ3n) is 4.79. The number of fused-ring (bicyclic) bond motifs is 1. The van der Waals surface area contributed by atoms with Gasteiger partial charge in [-0.15, -0.1) is 34.2 Å². The average Bonchev–Trinajstić information content (AvgIpc) is 3.38. The van der Waals surface area contributed by atoms with Gasteiger partial charge >= 0.3 is 0 Å². The maximum Gasteiger partial charge on any atom is 0.193 e. The van der Waals surface area contributed by atoms with E-state index < -0.39 is 0 Å². The van der Waals surface area contributed by atoms with E-state index in [2.05, 4.69) is 30.0 Å². The molecule has 1 fully saturated rings. The summed E-state index contributed by atoms with van der Waals surface area (Å²) in [6, 6.07) is 0. The number of guanidine groups is 1. The van der Waals surface area contributed by atoms with Crippen LogP contribution in [-0.4, -0.2) is 59.5 Å². The van der Waals surface area contributed by atoms with Gasteiger partial charge in [0, 0.05) is 40.2 Å². The van der Waals surface area contributed by atoms with Crippen molar-refractivity contribution in [1.29, 1.82) is 0 Å². The molecule has 142 valence electrons. The molecule has 7 nitrogen and oxygen atoms in total. The minimum atomic E-state index is 0. The van der Waals surface area contributed by atoms with Crippen LogP contribution in [0.1, 0.15) is 43.8 Å². The van der Waals surface area contributed by atoms with Gasteiger partial charge in [0.05, 0.1) is 13.2 Å². The second kappa shape index (κ2) is 10.3. The number of hydrogen-bond acceptors (Lipinski definition) is 4. The predicted molar refractivity (Wildman–Crippen MR) is 109 cm³/mol. The van der Waals surface area contributed by atoms with Crippen LogP contribution in [0.2, 0.25) is 0 Å².